The molecule has 1 fully saturated rings. The minimum absolute atomic E-state index is 0.178. The molecule has 1 amide bonds. The Labute approximate surface area is 181 Å². The normalized spacial score (nSPS) is 15.0. The lowest BCUT2D eigenvalue weighted by atomic mass is 10.2. The molecule has 2 aromatic rings. The SMILES string of the molecule is CCOC(=O)c1cc(CC)sc1NC(=O)c1ccc(S(=O)(=O)N2CCCCC2)cc1. The summed E-state index contributed by atoms with van der Waals surface area (Å²) in [7, 11) is -3.55. The van der Waals surface area contributed by atoms with E-state index in [1.807, 2.05) is 6.92 Å². The van der Waals surface area contributed by atoms with Crippen LogP contribution in [0.5, 0.6) is 0 Å². The molecule has 0 unspecified atom stereocenters. The number of esters is 1. The maximum absolute atomic E-state index is 12.8. The number of thiophene rings is 1. The molecule has 0 saturated carbocycles. The zero-order chi connectivity index (χ0) is 21.7. The summed E-state index contributed by atoms with van der Waals surface area (Å²) in [6, 6.07) is 7.62. The van der Waals surface area contributed by atoms with Crippen molar-refractivity contribution >= 4 is 38.2 Å². The molecule has 0 spiro atoms. The fourth-order valence-corrected chi connectivity index (χ4v) is 5.77. The van der Waals surface area contributed by atoms with E-state index in [2.05, 4.69) is 5.32 Å². The highest BCUT2D eigenvalue weighted by Crippen LogP contribution is 2.30. The summed E-state index contributed by atoms with van der Waals surface area (Å²) >= 11 is 1.33. The summed E-state index contributed by atoms with van der Waals surface area (Å²) < 4.78 is 32.1. The minimum Gasteiger partial charge on any atom is -0.462 e. The van der Waals surface area contributed by atoms with Crippen LogP contribution in [0.25, 0.3) is 0 Å². The molecule has 30 heavy (non-hydrogen) atoms. The number of amides is 1. The maximum atomic E-state index is 12.8. The largest absolute Gasteiger partial charge is 0.462 e. The van der Waals surface area contributed by atoms with Gasteiger partial charge in [0.2, 0.25) is 10.0 Å². The lowest BCUT2D eigenvalue weighted by Crippen LogP contribution is -2.35. The third kappa shape index (κ3) is 4.91. The van der Waals surface area contributed by atoms with Gasteiger partial charge >= 0.3 is 5.97 Å². The van der Waals surface area contributed by atoms with Gasteiger partial charge in [-0.25, -0.2) is 13.2 Å². The van der Waals surface area contributed by atoms with Gasteiger partial charge in [-0.05, 0) is 56.5 Å². The van der Waals surface area contributed by atoms with Gasteiger partial charge < -0.3 is 10.1 Å². The number of piperidine rings is 1. The second kappa shape index (κ2) is 9.72. The van der Waals surface area contributed by atoms with Gasteiger partial charge in [0.25, 0.3) is 5.91 Å². The highest BCUT2D eigenvalue weighted by molar-refractivity contribution is 7.89. The number of carbonyl (C=O) groups is 2. The average Bonchev–Trinajstić information content (AvgIpc) is 3.17. The molecule has 2 heterocycles. The van der Waals surface area contributed by atoms with Gasteiger partial charge in [0.1, 0.15) is 5.00 Å². The highest BCUT2D eigenvalue weighted by atomic mass is 32.2. The summed E-state index contributed by atoms with van der Waals surface area (Å²) in [6.07, 6.45) is 3.50. The van der Waals surface area contributed by atoms with Gasteiger partial charge in [0.05, 0.1) is 17.1 Å². The van der Waals surface area contributed by atoms with Crippen LogP contribution < -0.4 is 5.32 Å². The van der Waals surface area contributed by atoms with Crippen LogP contribution in [0.15, 0.2) is 35.2 Å². The molecule has 0 aliphatic carbocycles. The number of sulfonamides is 1. The van der Waals surface area contributed by atoms with Gasteiger partial charge in [-0.3, -0.25) is 4.79 Å². The number of hydrogen-bond acceptors (Lipinski definition) is 6. The van der Waals surface area contributed by atoms with Crippen LogP contribution in [-0.4, -0.2) is 44.3 Å². The first-order valence-electron chi connectivity index (χ1n) is 10.1. The Morgan fingerprint density at radius 3 is 2.37 bits per heavy atom. The first kappa shape index (κ1) is 22.5. The van der Waals surface area contributed by atoms with Crippen LogP contribution in [0.4, 0.5) is 5.00 Å². The van der Waals surface area contributed by atoms with Gasteiger partial charge in [0, 0.05) is 23.5 Å². The summed E-state index contributed by atoms with van der Waals surface area (Å²) in [5.41, 5.74) is 0.644. The topological polar surface area (TPSA) is 92.8 Å². The van der Waals surface area contributed by atoms with E-state index in [1.165, 1.54) is 39.9 Å². The molecule has 1 aliphatic rings. The standard InChI is InChI=1S/C21H26N2O5S2/c1-3-16-14-18(21(25)28-4-2)20(29-16)22-19(24)15-8-10-17(11-9-15)30(26,27)23-12-6-5-7-13-23/h8-11,14H,3-7,12-13H2,1-2H3,(H,22,24). The molecule has 1 saturated heterocycles. The quantitative estimate of drug-likeness (QED) is 0.646. The fourth-order valence-electron chi connectivity index (χ4n) is 3.28. The lowest BCUT2D eigenvalue weighted by Gasteiger charge is -2.25. The molecule has 1 N–H and O–H groups in total. The predicted octanol–water partition coefficient (Wildman–Crippen LogP) is 3.91. The van der Waals surface area contributed by atoms with E-state index in [9.17, 15) is 18.0 Å². The number of carbonyl (C=O) groups excluding carboxylic acids is 2. The number of nitrogens with one attached hydrogen (secondary N) is 1. The fraction of sp³-hybridized carbons (Fsp3) is 0.429. The summed E-state index contributed by atoms with van der Waals surface area (Å²) in [5, 5.41) is 3.19. The smallest absolute Gasteiger partial charge is 0.341 e. The maximum Gasteiger partial charge on any atom is 0.341 e. The Hall–Kier alpha value is -2.23. The molecule has 1 aromatic heterocycles. The third-order valence-corrected chi connectivity index (χ3v) is 8.03. The molecule has 0 atom stereocenters. The lowest BCUT2D eigenvalue weighted by molar-refractivity contribution is 0.0528. The number of ether oxygens (including phenoxy) is 1. The van der Waals surface area contributed by atoms with Crippen LogP contribution in [-0.2, 0) is 21.2 Å². The molecule has 1 aromatic carbocycles. The average molecular weight is 451 g/mol. The van der Waals surface area contributed by atoms with E-state index in [1.54, 1.807) is 13.0 Å². The molecule has 9 heteroatoms. The molecule has 3 rings (SSSR count). The Morgan fingerprint density at radius 2 is 1.77 bits per heavy atom. The summed E-state index contributed by atoms with van der Waals surface area (Å²) in [5.74, 6) is -0.890. The molecule has 0 bridgehead atoms. The summed E-state index contributed by atoms with van der Waals surface area (Å²) in [4.78, 5) is 26.0. The van der Waals surface area contributed by atoms with E-state index >= 15 is 0 Å². The first-order chi connectivity index (χ1) is 14.4. The molecular formula is C21H26N2O5S2. The van der Waals surface area contributed by atoms with Gasteiger partial charge in [-0.15, -0.1) is 11.3 Å². The van der Waals surface area contributed by atoms with E-state index < -0.39 is 21.9 Å². The first-order valence-corrected chi connectivity index (χ1v) is 12.3. The number of benzene rings is 1. The number of hydrogen-bond donors (Lipinski definition) is 1. The van der Waals surface area contributed by atoms with Crippen LogP contribution in [0.1, 0.15) is 58.7 Å². The van der Waals surface area contributed by atoms with Crippen LogP contribution in [0, 0.1) is 0 Å². The molecule has 7 nitrogen and oxygen atoms in total. The predicted molar refractivity (Wildman–Crippen MR) is 117 cm³/mol. The van der Waals surface area contributed by atoms with Crippen molar-refractivity contribution in [2.45, 2.75) is 44.4 Å². The van der Waals surface area contributed by atoms with Crippen molar-refractivity contribution in [3.63, 3.8) is 0 Å². The highest BCUT2D eigenvalue weighted by Gasteiger charge is 2.26. The van der Waals surface area contributed by atoms with E-state index in [0.717, 1.165) is 30.6 Å². The second-order valence-electron chi connectivity index (χ2n) is 6.97. The Balaban J connectivity index is 1.77. The van der Waals surface area contributed by atoms with E-state index in [4.69, 9.17) is 4.74 Å². The van der Waals surface area contributed by atoms with Crippen molar-refractivity contribution in [1.82, 2.24) is 4.31 Å². The van der Waals surface area contributed by atoms with Crippen molar-refractivity contribution in [3.8, 4) is 0 Å². The van der Waals surface area contributed by atoms with E-state index in [-0.39, 0.29) is 11.5 Å². The zero-order valence-electron chi connectivity index (χ0n) is 17.1. The number of nitrogens with zero attached hydrogens (tertiary/aromatic N) is 1. The Bertz CT molecular complexity index is 1010. The van der Waals surface area contributed by atoms with Crippen molar-refractivity contribution in [1.29, 1.82) is 0 Å². The molecular weight excluding hydrogens is 424 g/mol. The summed E-state index contributed by atoms with van der Waals surface area (Å²) in [6.45, 7) is 4.99. The second-order valence-corrected chi connectivity index (χ2v) is 10.0. The van der Waals surface area contributed by atoms with Crippen molar-refractivity contribution in [2.24, 2.45) is 0 Å². The van der Waals surface area contributed by atoms with Gasteiger partial charge in [0.15, 0.2) is 0 Å². The number of anilines is 1. The molecule has 1 aliphatic heterocycles. The van der Waals surface area contributed by atoms with E-state index in [0.29, 0.717) is 29.2 Å². The molecule has 162 valence electrons. The monoisotopic (exact) mass is 450 g/mol. The molecule has 0 radical (unpaired) electrons. The van der Waals surface area contributed by atoms with Crippen molar-refractivity contribution < 1.29 is 22.7 Å². The van der Waals surface area contributed by atoms with Gasteiger partial charge in [-0.1, -0.05) is 13.3 Å². The van der Waals surface area contributed by atoms with Crippen molar-refractivity contribution in [3.05, 3.63) is 46.3 Å². The number of aryl methyl sites for hydroxylation is 1. The number of rotatable bonds is 7. The van der Waals surface area contributed by atoms with Crippen LogP contribution in [0.2, 0.25) is 0 Å². The minimum atomic E-state index is -3.55. The van der Waals surface area contributed by atoms with Gasteiger partial charge in [-0.2, -0.15) is 4.31 Å². The Kier molecular flexibility index (Phi) is 7.27. The zero-order valence-corrected chi connectivity index (χ0v) is 18.8. The van der Waals surface area contributed by atoms with Crippen LogP contribution in [0.3, 0.4) is 0 Å². The van der Waals surface area contributed by atoms with Crippen molar-refractivity contribution in [2.75, 3.05) is 25.0 Å². The van der Waals surface area contributed by atoms with Crippen LogP contribution >= 0.6 is 11.3 Å². The third-order valence-electron chi connectivity index (χ3n) is 4.92. The Morgan fingerprint density at radius 1 is 1.10 bits per heavy atom.